The van der Waals surface area contributed by atoms with Crippen LogP contribution in [0.15, 0.2) is 36.4 Å². The van der Waals surface area contributed by atoms with Crippen molar-refractivity contribution in [3.8, 4) is 33.1 Å². The van der Waals surface area contributed by atoms with Crippen molar-refractivity contribution in [3.63, 3.8) is 0 Å². The number of benzene rings is 2. The maximum atomic E-state index is 13.6. The molecule has 0 radical (unpaired) electrons. The predicted octanol–water partition coefficient (Wildman–Crippen LogP) is 5.41. The first kappa shape index (κ1) is 16.5. The minimum Gasteiger partial charge on any atom is -0.506 e. The molecule has 0 unspecified atom stereocenters. The molecule has 0 saturated carbocycles. The third-order valence-corrected chi connectivity index (χ3v) is 5.30. The number of phenolic OH excluding ortho intramolecular Hbond substituents is 2. The quantitative estimate of drug-likeness (QED) is 0.613. The van der Waals surface area contributed by atoms with Crippen molar-refractivity contribution in [2.45, 2.75) is 6.92 Å². The van der Waals surface area contributed by atoms with E-state index in [1.807, 2.05) is 6.92 Å². The highest BCUT2D eigenvalue weighted by Gasteiger charge is 2.19. The Balaban J connectivity index is 2.21. The van der Waals surface area contributed by atoms with Gasteiger partial charge in [0.15, 0.2) is 17.9 Å². The molecule has 3 rings (SSSR count). The molecule has 3 nitrogen and oxygen atoms in total. The van der Waals surface area contributed by atoms with E-state index in [2.05, 4.69) is 0 Å². The average Bonchev–Trinajstić information content (AvgIpc) is 2.89. The van der Waals surface area contributed by atoms with Crippen molar-refractivity contribution in [1.29, 1.82) is 0 Å². The highest BCUT2D eigenvalue weighted by molar-refractivity contribution is 7.17. The molecule has 24 heavy (non-hydrogen) atoms. The Bertz CT molecular complexity index is 950. The van der Waals surface area contributed by atoms with Crippen LogP contribution >= 0.6 is 22.9 Å². The van der Waals surface area contributed by atoms with Crippen molar-refractivity contribution in [1.82, 2.24) is 0 Å². The molecule has 1 heterocycles. The predicted molar refractivity (Wildman–Crippen MR) is 93.6 cm³/mol. The van der Waals surface area contributed by atoms with Gasteiger partial charge < -0.3 is 10.2 Å². The van der Waals surface area contributed by atoms with Crippen LogP contribution in [-0.4, -0.2) is 16.5 Å². The number of aromatic hydroxyl groups is 2. The number of hydrogen-bond donors (Lipinski definition) is 2. The molecular weight excluding hydrogens is 351 g/mol. The minimum atomic E-state index is -0.720. The lowest BCUT2D eigenvalue weighted by molar-refractivity contribution is 0.112. The lowest BCUT2D eigenvalue weighted by Crippen LogP contribution is -1.85. The summed E-state index contributed by atoms with van der Waals surface area (Å²) in [6.07, 6.45) is 0.744. The fraction of sp³-hybridized carbons (Fsp3) is 0.0556. The summed E-state index contributed by atoms with van der Waals surface area (Å²) >= 11 is 7.20. The second kappa shape index (κ2) is 6.26. The molecule has 0 aliphatic carbocycles. The number of halogens is 2. The molecule has 0 saturated heterocycles. The van der Waals surface area contributed by atoms with Gasteiger partial charge in [-0.15, -0.1) is 11.3 Å². The van der Waals surface area contributed by atoms with E-state index in [4.69, 9.17) is 11.6 Å². The van der Waals surface area contributed by atoms with Gasteiger partial charge in [-0.25, -0.2) is 4.39 Å². The molecule has 122 valence electrons. The zero-order valence-corrected chi connectivity index (χ0v) is 14.1. The lowest BCUT2D eigenvalue weighted by atomic mass is 9.99. The topological polar surface area (TPSA) is 57.5 Å². The summed E-state index contributed by atoms with van der Waals surface area (Å²) in [4.78, 5) is 12.7. The van der Waals surface area contributed by atoms with Gasteiger partial charge in [-0.05, 0) is 53.9 Å². The lowest BCUT2D eigenvalue weighted by Gasteiger charge is -2.06. The van der Waals surface area contributed by atoms with Gasteiger partial charge in [0.25, 0.3) is 0 Å². The van der Waals surface area contributed by atoms with Gasteiger partial charge in [0.2, 0.25) is 0 Å². The normalized spacial score (nSPS) is 10.8. The van der Waals surface area contributed by atoms with E-state index in [1.165, 1.54) is 29.5 Å². The molecule has 0 bridgehead atoms. The van der Waals surface area contributed by atoms with Crippen molar-refractivity contribution in [2.75, 3.05) is 0 Å². The number of carbonyl (C=O) groups excluding carboxylic acids is 1. The van der Waals surface area contributed by atoms with E-state index >= 15 is 0 Å². The Hall–Kier alpha value is -2.37. The van der Waals surface area contributed by atoms with Crippen LogP contribution in [0.2, 0.25) is 5.02 Å². The van der Waals surface area contributed by atoms with Gasteiger partial charge >= 0.3 is 0 Å². The summed E-state index contributed by atoms with van der Waals surface area (Å²) in [5.41, 5.74) is 2.76. The van der Waals surface area contributed by atoms with E-state index in [1.54, 1.807) is 18.2 Å². The summed E-state index contributed by atoms with van der Waals surface area (Å²) in [5.74, 6) is -1.18. The first-order chi connectivity index (χ1) is 11.4. The first-order valence-electron chi connectivity index (χ1n) is 6.98. The summed E-state index contributed by atoms with van der Waals surface area (Å²) < 4.78 is 13.6. The molecule has 0 amide bonds. The molecule has 1 aromatic heterocycles. The fourth-order valence-electron chi connectivity index (χ4n) is 2.56. The van der Waals surface area contributed by atoms with Crippen molar-refractivity contribution < 1.29 is 19.4 Å². The Labute approximate surface area is 146 Å². The molecular formula is C18H12ClFO3S. The van der Waals surface area contributed by atoms with Gasteiger partial charge in [0.05, 0.1) is 9.90 Å². The third kappa shape index (κ3) is 2.77. The van der Waals surface area contributed by atoms with Crippen molar-refractivity contribution in [2.24, 2.45) is 0 Å². The Morgan fingerprint density at radius 2 is 1.75 bits per heavy atom. The van der Waals surface area contributed by atoms with Crippen LogP contribution in [0.1, 0.15) is 15.2 Å². The van der Waals surface area contributed by atoms with Crippen LogP contribution in [0.25, 0.3) is 21.6 Å². The standard InChI is InChI=1S/C18H12ClFO3S/c1-9-17(10-2-4-14(22)12(19)6-10)16(8-21)24-18(9)11-3-5-15(23)13(20)7-11/h2-8,22-23H,1H3. The Kier molecular flexibility index (Phi) is 4.30. The highest BCUT2D eigenvalue weighted by Crippen LogP contribution is 2.43. The number of thiophene rings is 1. The van der Waals surface area contributed by atoms with Crippen LogP contribution in [-0.2, 0) is 0 Å². The Morgan fingerprint density at radius 1 is 1.08 bits per heavy atom. The molecule has 0 fully saturated rings. The molecule has 0 spiro atoms. The zero-order valence-electron chi connectivity index (χ0n) is 12.5. The molecule has 6 heteroatoms. The second-order valence-electron chi connectivity index (χ2n) is 5.25. The van der Waals surface area contributed by atoms with Gasteiger partial charge in [0.1, 0.15) is 5.75 Å². The number of hydrogen-bond acceptors (Lipinski definition) is 4. The van der Waals surface area contributed by atoms with Crippen LogP contribution in [0.3, 0.4) is 0 Å². The molecule has 2 N–H and O–H groups in total. The number of rotatable bonds is 3. The fourth-order valence-corrected chi connectivity index (χ4v) is 3.89. The van der Waals surface area contributed by atoms with Crippen LogP contribution in [0, 0.1) is 12.7 Å². The molecule has 2 aromatic carbocycles. The number of aldehydes is 1. The zero-order chi connectivity index (χ0) is 17.4. The monoisotopic (exact) mass is 362 g/mol. The SMILES string of the molecule is Cc1c(-c2ccc(O)c(F)c2)sc(C=O)c1-c1ccc(O)c(Cl)c1. The first-order valence-corrected chi connectivity index (χ1v) is 8.18. The van der Waals surface area contributed by atoms with Crippen molar-refractivity contribution in [3.05, 3.63) is 57.7 Å². The summed E-state index contributed by atoms with van der Waals surface area (Å²) in [5, 5.41) is 19.1. The number of phenols is 2. The maximum absolute atomic E-state index is 13.6. The van der Waals surface area contributed by atoms with Crippen LogP contribution < -0.4 is 0 Å². The maximum Gasteiger partial charge on any atom is 0.165 e. The van der Waals surface area contributed by atoms with E-state index in [0.717, 1.165) is 16.7 Å². The van der Waals surface area contributed by atoms with Gasteiger partial charge in [-0.2, -0.15) is 0 Å². The highest BCUT2D eigenvalue weighted by atomic mass is 35.5. The van der Waals surface area contributed by atoms with E-state index in [-0.39, 0.29) is 10.8 Å². The summed E-state index contributed by atoms with van der Waals surface area (Å²) in [6.45, 7) is 1.83. The molecule has 0 aliphatic heterocycles. The van der Waals surface area contributed by atoms with Gasteiger partial charge in [-0.3, -0.25) is 4.79 Å². The van der Waals surface area contributed by atoms with Crippen LogP contribution in [0.5, 0.6) is 11.5 Å². The molecule has 0 aliphatic rings. The minimum absolute atomic E-state index is 0.0400. The average molecular weight is 363 g/mol. The number of carbonyl (C=O) groups is 1. The smallest absolute Gasteiger partial charge is 0.165 e. The summed E-state index contributed by atoms with van der Waals surface area (Å²) in [6, 6.07) is 8.82. The van der Waals surface area contributed by atoms with Crippen LogP contribution in [0.4, 0.5) is 4.39 Å². The Morgan fingerprint density at radius 3 is 2.38 bits per heavy atom. The van der Waals surface area contributed by atoms with Crippen molar-refractivity contribution >= 4 is 29.2 Å². The largest absolute Gasteiger partial charge is 0.506 e. The van der Waals surface area contributed by atoms with E-state index < -0.39 is 11.6 Å². The molecule has 0 atom stereocenters. The summed E-state index contributed by atoms with van der Waals surface area (Å²) in [7, 11) is 0. The molecule has 3 aromatic rings. The van der Waals surface area contributed by atoms with E-state index in [0.29, 0.717) is 21.6 Å². The van der Waals surface area contributed by atoms with E-state index in [9.17, 15) is 19.4 Å². The van der Waals surface area contributed by atoms with Gasteiger partial charge in [0, 0.05) is 10.4 Å². The van der Waals surface area contributed by atoms with Gasteiger partial charge in [-0.1, -0.05) is 17.7 Å². The third-order valence-electron chi connectivity index (χ3n) is 3.73. The second-order valence-corrected chi connectivity index (χ2v) is 6.71.